The average molecular weight is 1740 g/mol. The second-order valence-electron chi connectivity index (χ2n) is 29.2. The largest absolute Gasteiger partial charge is 0.756 e. The molecule has 12 unspecified atom stereocenters. The first-order chi connectivity index (χ1) is 53.8. The zero-order valence-electron chi connectivity index (χ0n) is 66.7. The van der Waals surface area contributed by atoms with Crippen LogP contribution in [0.3, 0.4) is 0 Å². The molecular weight excluding hydrogens is 1600 g/mol. The Morgan fingerprint density at radius 2 is 0.772 bits per heavy atom. The Labute approximate surface area is 672 Å². The van der Waals surface area contributed by atoms with E-state index in [0.29, 0.717) is 103 Å². The summed E-state index contributed by atoms with van der Waals surface area (Å²) in [6, 6.07) is -0.888. The quantitative estimate of drug-likeness (QED) is 0.0305. The number of aliphatic hydroxyl groups excluding tert-OH is 10. The minimum absolute atomic E-state index is 0. The zero-order valence-corrected chi connectivity index (χ0v) is 70.3. The van der Waals surface area contributed by atoms with Gasteiger partial charge in [0.2, 0.25) is 5.91 Å². The summed E-state index contributed by atoms with van der Waals surface area (Å²) in [4.78, 5) is 63.5. The summed E-state index contributed by atoms with van der Waals surface area (Å²) in [6.07, 6.45) is -4.80. The van der Waals surface area contributed by atoms with Crippen LogP contribution in [0, 0.1) is 35.0 Å². The van der Waals surface area contributed by atoms with Gasteiger partial charge in [0.15, 0.2) is 12.6 Å². The molecule has 2 heterocycles. The second kappa shape index (κ2) is 61.4. The van der Waals surface area contributed by atoms with E-state index in [1.54, 1.807) is 13.8 Å². The van der Waals surface area contributed by atoms with Gasteiger partial charge in [-0.1, -0.05) is 73.6 Å². The minimum Gasteiger partial charge on any atom is -0.756 e. The highest BCUT2D eigenvalue weighted by molar-refractivity contribution is 7.46. The number of ether oxygens (including phenoxy) is 11. The molecule has 11 N–H and O–H groups in total. The predicted octanol–water partition coefficient (Wildman–Crippen LogP) is 1.81. The van der Waals surface area contributed by atoms with Crippen molar-refractivity contribution in [2.45, 2.75) is 244 Å². The van der Waals surface area contributed by atoms with Crippen LogP contribution in [0.2, 0.25) is 0 Å². The molecule has 1 amide bonds. The first-order valence-corrected chi connectivity index (χ1v) is 45.5. The standard InChI is InChI=1S/C70H139NO38P4.CH4/c1-51(2)54(5)96-32-19-24-91-45-56(41-72)46-92-25-20-36-106-113(89,90)107-50-70(48-94-27-22-38-104-111(85,86)101-34-17-11-8-14-30-98-68-52(3)62(77)65(80)59(43-74)108-68,49-95-28-23-39-105-112(87,88)102-35-18-12-9-15-31-99-69-53(4)63(78)66(81)60(44-75)109-69)47-93-26-21-37-103-110(83,84)100-33-16-10-7-13-29-97-58-40-57(42-73)64(79)67(82)61(58)71-55(6)76;/h51-54,56-69,72-75,77-82H,7-50H2,1-6H3,(H,71,76)(H,83,84)(H,85,86)(H,87,88)(H,89,90);1H4/p-4/t52-,53-,54?,56?,57?,58+,59?,60?,61+,62?,63?,64-,65-,66-,67?,68+,69+,70?;/m0./s1. The highest BCUT2D eigenvalue weighted by Gasteiger charge is 2.46. The molecule has 0 spiro atoms. The van der Waals surface area contributed by atoms with Gasteiger partial charge in [-0.05, 0) is 89.9 Å². The van der Waals surface area contributed by atoms with Gasteiger partial charge in [-0.3, -0.25) is 23.1 Å². The molecule has 2 saturated heterocycles. The third-order valence-electron chi connectivity index (χ3n) is 19.1. The lowest BCUT2D eigenvalue weighted by atomic mass is 9.79. The van der Waals surface area contributed by atoms with Crippen molar-refractivity contribution < 1.29 is 182 Å². The molecule has 0 aromatic rings. The number of rotatable bonds is 71. The van der Waals surface area contributed by atoms with Gasteiger partial charge in [-0.25, -0.2) is 0 Å². The van der Waals surface area contributed by atoms with Crippen molar-refractivity contribution in [2.24, 2.45) is 35.0 Å². The number of carbonyl (C=O) groups is 1. The summed E-state index contributed by atoms with van der Waals surface area (Å²) in [5.74, 6) is -2.18. The van der Waals surface area contributed by atoms with E-state index < -0.39 is 193 Å². The van der Waals surface area contributed by atoms with Crippen LogP contribution in [0.25, 0.3) is 0 Å². The highest BCUT2D eigenvalue weighted by Crippen LogP contribution is 2.43. The number of phosphoric ester groups is 4. The predicted molar refractivity (Wildman–Crippen MR) is 401 cm³/mol. The van der Waals surface area contributed by atoms with Crippen LogP contribution in [0.4, 0.5) is 0 Å². The fraction of sp³-hybridized carbons (Fsp3) is 0.986. The zero-order chi connectivity index (χ0) is 83.7. The van der Waals surface area contributed by atoms with Crippen molar-refractivity contribution in [2.75, 3.05) is 172 Å². The molecule has 3 fully saturated rings. The van der Waals surface area contributed by atoms with Crippen LogP contribution in [0.1, 0.15) is 165 Å². The Balaban J connectivity index is 0.0000441. The smallest absolute Gasteiger partial charge is 0.267 e. The number of hydrogen-bond acceptors (Lipinski definition) is 38. The summed E-state index contributed by atoms with van der Waals surface area (Å²) in [7, 11) is -19.6. The maximum atomic E-state index is 13.5. The molecule has 2 aliphatic heterocycles. The van der Waals surface area contributed by atoms with Crippen molar-refractivity contribution in [3.63, 3.8) is 0 Å². The number of carbonyl (C=O) groups excluding carboxylic acids is 1. The third kappa shape index (κ3) is 46.5. The second-order valence-corrected chi connectivity index (χ2v) is 34.9. The monoisotopic (exact) mass is 1740 g/mol. The van der Waals surface area contributed by atoms with Crippen LogP contribution < -0.4 is 24.9 Å². The number of phosphoric acid groups is 4. The first-order valence-electron chi connectivity index (χ1n) is 39.6. The third-order valence-corrected chi connectivity index (χ3v) is 23.0. The van der Waals surface area contributed by atoms with Crippen molar-refractivity contribution in [3.8, 4) is 0 Å². The van der Waals surface area contributed by atoms with E-state index in [1.807, 2.05) is 6.92 Å². The number of amides is 1. The molecule has 43 heteroatoms. The van der Waals surface area contributed by atoms with Gasteiger partial charge in [0.25, 0.3) is 31.3 Å². The Bertz CT molecular complexity index is 2530. The number of aliphatic hydroxyl groups is 10. The Hall–Kier alpha value is -0.930. The van der Waals surface area contributed by atoms with Gasteiger partial charge in [0.05, 0.1) is 148 Å². The van der Waals surface area contributed by atoms with Crippen molar-refractivity contribution in [1.29, 1.82) is 0 Å². The lowest BCUT2D eigenvalue weighted by Gasteiger charge is -2.42. The highest BCUT2D eigenvalue weighted by atomic mass is 31.2. The molecule has 1 aliphatic carbocycles. The normalized spacial score (nSPS) is 27.4. The van der Waals surface area contributed by atoms with Gasteiger partial charge in [-0.2, -0.15) is 0 Å². The Kier molecular flexibility index (Phi) is 58.8. The van der Waals surface area contributed by atoms with Gasteiger partial charge in [0, 0.05) is 96.7 Å². The van der Waals surface area contributed by atoms with E-state index in [4.69, 9.17) is 88.3 Å². The minimum atomic E-state index is -5.15. The van der Waals surface area contributed by atoms with E-state index in [-0.39, 0.29) is 151 Å². The van der Waals surface area contributed by atoms with Gasteiger partial charge in [0.1, 0.15) is 30.5 Å². The summed E-state index contributed by atoms with van der Waals surface area (Å²) >= 11 is 0. The van der Waals surface area contributed by atoms with E-state index in [2.05, 4.69) is 19.2 Å². The summed E-state index contributed by atoms with van der Waals surface area (Å²) in [5, 5.41) is 103. The molecule has 680 valence electrons. The van der Waals surface area contributed by atoms with E-state index in [1.165, 1.54) is 6.92 Å². The number of hydrogen-bond donors (Lipinski definition) is 11. The van der Waals surface area contributed by atoms with Crippen molar-refractivity contribution in [3.05, 3.63) is 0 Å². The molecule has 3 rings (SSSR count). The van der Waals surface area contributed by atoms with Crippen LogP contribution in [0.15, 0.2) is 0 Å². The molecule has 1 saturated carbocycles. The Morgan fingerprint density at radius 3 is 1.12 bits per heavy atom. The van der Waals surface area contributed by atoms with Crippen LogP contribution >= 0.6 is 31.3 Å². The van der Waals surface area contributed by atoms with E-state index in [0.717, 1.165) is 0 Å². The van der Waals surface area contributed by atoms with Crippen molar-refractivity contribution >= 4 is 37.2 Å². The Morgan fingerprint density at radius 1 is 0.430 bits per heavy atom. The number of nitrogens with one attached hydrogen (secondary N) is 1. The molecule has 0 aromatic heterocycles. The maximum Gasteiger partial charge on any atom is 0.267 e. The summed E-state index contributed by atoms with van der Waals surface area (Å²) < 4.78 is 156. The van der Waals surface area contributed by atoms with E-state index in [9.17, 15) is 93.7 Å². The van der Waals surface area contributed by atoms with Crippen LogP contribution in [-0.2, 0) is 111 Å². The molecule has 3 aliphatic rings. The molecule has 114 heavy (non-hydrogen) atoms. The van der Waals surface area contributed by atoms with E-state index >= 15 is 0 Å². The molecule has 0 aromatic carbocycles. The number of unbranched alkanes of at least 4 members (excludes halogenated alkanes) is 9. The lowest BCUT2D eigenvalue weighted by Crippen LogP contribution is -2.61. The van der Waals surface area contributed by atoms with Crippen LogP contribution in [0.5, 0.6) is 0 Å². The summed E-state index contributed by atoms with van der Waals surface area (Å²) in [5.41, 5.74) is -1.56. The van der Waals surface area contributed by atoms with Gasteiger partial charge >= 0.3 is 0 Å². The average Bonchev–Trinajstić information content (AvgIpc) is 0.822. The fourth-order valence-electron chi connectivity index (χ4n) is 11.8. The lowest BCUT2D eigenvalue weighted by molar-refractivity contribution is -0.282. The fourth-order valence-corrected chi connectivity index (χ4v) is 15.0. The van der Waals surface area contributed by atoms with Crippen LogP contribution in [-0.4, -0.2) is 308 Å². The molecule has 39 nitrogen and oxygen atoms in total. The van der Waals surface area contributed by atoms with Crippen molar-refractivity contribution in [1.82, 2.24) is 5.32 Å². The molecular formula is C71H139NO38P4-4. The molecule has 0 bridgehead atoms. The molecule has 21 atom stereocenters. The SMILES string of the molecule is C.CC(=O)N[C@H]1C(O)[C@@H](O)C(CO)C[C@H]1OCCCCCCOP(=O)([O-])OCCCOCC(COCCCOP(=O)([O-])OCCCCCCO[C@@H]1OC(CO)[C@H](O)C(O)[C@@H]1C)(COCCCOP(=O)([O-])OCCCCCCO[C@@H]1OC(CO)[C@H](O)C(O)[C@@H]1C)COP(=O)([O-])OCCCOCC(CO)COCCCOC(C)C(C)C. The first kappa shape index (κ1) is 109. The van der Waals surface area contributed by atoms with Gasteiger partial charge in [-0.15, -0.1) is 0 Å². The maximum absolute atomic E-state index is 13.5. The summed E-state index contributed by atoms with van der Waals surface area (Å²) in [6.45, 7) is 6.38. The van der Waals surface area contributed by atoms with Gasteiger partial charge < -0.3 is 164 Å². The molecule has 0 radical (unpaired) electrons. The topological polar surface area (TPSA) is 567 Å².